The number of hydrogen-bond donors (Lipinski definition) is 1. The van der Waals surface area contributed by atoms with Crippen LogP contribution in [0.5, 0.6) is 5.75 Å². The predicted molar refractivity (Wildman–Crippen MR) is 109 cm³/mol. The van der Waals surface area contributed by atoms with Gasteiger partial charge in [-0.1, -0.05) is 53.2 Å². The Bertz CT molecular complexity index is 986. The smallest absolute Gasteiger partial charge is 0.387 e. The lowest BCUT2D eigenvalue weighted by Crippen LogP contribution is -2.15. The number of ether oxygens (including phenoxy) is 1. The van der Waals surface area contributed by atoms with Crippen LogP contribution in [0.25, 0.3) is 0 Å². The fraction of sp³-hybridized carbons (Fsp3) is 0.150. The van der Waals surface area contributed by atoms with E-state index in [9.17, 15) is 13.6 Å². The molecule has 0 unspecified atom stereocenters. The highest BCUT2D eigenvalue weighted by atomic mass is 35.5. The molecule has 0 aliphatic heterocycles. The third-order valence-corrected chi connectivity index (χ3v) is 4.97. The predicted octanol–water partition coefficient (Wildman–Crippen LogP) is 5.58. The van der Waals surface area contributed by atoms with Gasteiger partial charge in [-0.25, -0.2) is 9.97 Å². The molecular formula is C20H16ClF2N3O2S. The molecule has 150 valence electrons. The van der Waals surface area contributed by atoms with E-state index in [1.807, 2.05) is 31.2 Å². The Morgan fingerprint density at radius 2 is 1.86 bits per heavy atom. The Kier molecular flexibility index (Phi) is 7.00. The topological polar surface area (TPSA) is 64.1 Å². The second-order valence-corrected chi connectivity index (χ2v) is 7.33. The number of anilines is 1. The summed E-state index contributed by atoms with van der Waals surface area (Å²) in [7, 11) is 0. The highest BCUT2D eigenvalue weighted by Crippen LogP contribution is 2.23. The molecule has 1 aromatic heterocycles. The molecule has 0 fully saturated rings. The largest absolute Gasteiger partial charge is 0.435 e. The summed E-state index contributed by atoms with van der Waals surface area (Å²) in [6.45, 7) is -0.894. The molecule has 0 spiro atoms. The van der Waals surface area contributed by atoms with Crippen molar-refractivity contribution in [1.29, 1.82) is 0 Å². The van der Waals surface area contributed by atoms with Gasteiger partial charge in [0.2, 0.25) is 0 Å². The van der Waals surface area contributed by atoms with E-state index in [1.165, 1.54) is 47.8 Å². The second kappa shape index (κ2) is 9.67. The summed E-state index contributed by atoms with van der Waals surface area (Å²) in [4.78, 5) is 20.9. The van der Waals surface area contributed by atoms with Crippen molar-refractivity contribution >= 4 is 35.0 Å². The van der Waals surface area contributed by atoms with Crippen molar-refractivity contribution in [2.75, 3.05) is 5.32 Å². The summed E-state index contributed by atoms with van der Waals surface area (Å²) < 4.78 is 28.7. The van der Waals surface area contributed by atoms with Crippen molar-refractivity contribution in [2.24, 2.45) is 0 Å². The van der Waals surface area contributed by atoms with Crippen molar-refractivity contribution < 1.29 is 18.3 Å². The first-order valence-corrected chi connectivity index (χ1v) is 9.84. The highest BCUT2D eigenvalue weighted by Gasteiger charge is 2.15. The standard InChI is InChI=1S/C20H16ClF2N3O2S/c1-12-2-4-13(5-3-12)11-29-20-24-10-16(21)17(26-20)18(27)25-14-6-8-15(9-7-14)28-19(22)23/h2-10,19H,11H2,1H3,(H,25,27). The molecule has 1 N–H and O–H groups in total. The van der Waals surface area contributed by atoms with Crippen molar-refractivity contribution in [3.8, 4) is 5.75 Å². The lowest BCUT2D eigenvalue weighted by atomic mass is 10.2. The SMILES string of the molecule is Cc1ccc(CSc2ncc(Cl)c(C(=O)Nc3ccc(OC(F)F)cc3)n2)cc1. The Morgan fingerprint density at radius 3 is 2.52 bits per heavy atom. The number of thioether (sulfide) groups is 1. The third kappa shape index (κ3) is 6.13. The maximum absolute atomic E-state index is 12.5. The molecule has 1 heterocycles. The van der Waals surface area contributed by atoms with Gasteiger partial charge in [0.15, 0.2) is 10.9 Å². The van der Waals surface area contributed by atoms with Crippen LogP contribution in [0.4, 0.5) is 14.5 Å². The van der Waals surface area contributed by atoms with Crippen LogP contribution in [0.1, 0.15) is 21.6 Å². The van der Waals surface area contributed by atoms with Crippen LogP contribution in [-0.2, 0) is 5.75 Å². The molecule has 3 rings (SSSR count). The fourth-order valence-electron chi connectivity index (χ4n) is 2.32. The summed E-state index contributed by atoms with van der Waals surface area (Å²) >= 11 is 7.46. The number of nitrogens with one attached hydrogen (secondary N) is 1. The lowest BCUT2D eigenvalue weighted by molar-refractivity contribution is -0.0498. The van der Waals surface area contributed by atoms with E-state index in [2.05, 4.69) is 20.0 Å². The minimum absolute atomic E-state index is 0.00661. The van der Waals surface area contributed by atoms with Gasteiger partial charge in [-0.2, -0.15) is 8.78 Å². The summed E-state index contributed by atoms with van der Waals surface area (Å²) in [6.07, 6.45) is 1.38. The zero-order chi connectivity index (χ0) is 20.8. The number of halogens is 3. The molecule has 0 aliphatic rings. The Hall–Kier alpha value is -2.71. The van der Waals surface area contributed by atoms with E-state index in [0.29, 0.717) is 16.6 Å². The number of amides is 1. The average Bonchev–Trinajstić information content (AvgIpc) is 2.69. The van der Waals surface area contributed by atoms with Crippen LogP contribution in [-0.4, -0.2) is 22.5 Å². The number of nitrogens with zero attached hydrogens (tertiary/aromatic N) is 2. The molecule has 5 nitrogen and oxygen atoms in total. The average molecular weight is 436 g/mol. The summed E-state index contributed by atoms with van der Waals surface area (Å²) in [5, 5.41) is 3.15. The van der Waals surface area contributed by atoms with E-state index in [4.69, 9.17) is 11.6 Å². The van der Waals surface area contributed by atoms with Crippen LogP contribution in [0.15, 0.2) is 59.9 Å². The van der Waals surface area contributed by atoms with Gasteiger partial charge in [-0.3, -0.25) is 4.79 Å². The Balaban J connectivity index is 1.66. The molecule has 0 saturated carbocycles. The molecule has 9 heteroatoms. The summed E-state index contributed by atoms with van der Waals surface area (Å²) in [5.41, 5.74) is 2.70. The first kappa shape index (κ1) is 21.0. The number of carbonyl (C=O) groups is 1. The molecule has 0 aliphatic carbocycles. The van der Waals surface area contributed by atoms with Gasteiger partial charge in [0.25, 0.3) is 5.91 Å². The van der Waals surface area contributed by atoms with Crippen molar-refractivity contribution in [3.63, 3.8) is 0 Å². The maximum Gasteiger partial charge on any atom is 0.387 e. The van der Waals surface area contributed by atoms with E-state index in [-0.39, 0.29) is 16.5 Å². The van der Waals surface area contributed by atoms with Gasteiger partial charge in [-0.05, 0) is 36.8 Å². The van der Waals surface area contributed by atoms with Crippen molar-refractivity contribution in [2.45, 2.75) is 24.4 Å². The van der Waals surface area contributed by atoms with E-state index < -0.39 is 12.5 Å². The Morgan fingerprint density at radius 1 is 1.17 bits per heavy atom. The van der Waals surface area contributed by atoms with Crippen LogP contribution in [0.2, 0.25) is 5.02 Å². The first-order chi connectivity index (χ1) is 13.9. The molecule has 0 atom stereocenters. The number of aryl methyl sites for hydroxylation is 1. The highest BCUT2D eigenvalue weighted by molar-refractivity contribution is 7.98. The molecule has 29 heavy (non-hydrogen) atoms. The van der Waals surface area contributed by atoms with Crippen molar-refractivity contribution in [1.82, 2.24) is 9.97 Å². The summed E-state index contributed by atoms with van der Waals surface area (Å²) in [5.74, 6) is 0.110. The molecule has 0 radical (unpaired) electrons. The normalized spacial score (nSPS) is 10.8. The molecule has 0 saturated heterocycles. The van der Waals surface area contributed by atoms with Crippen LogP contribution in [0, 0.1) is 6.92 Å². The molecule has 0 bridgehead atoms. The monoisotopic (exact) mass is 435 g/mol. The van der Waals surface area contributed by atoms with Crippen molar-refractivity contribution in [3.05, 3.63) is 76.6 Å². The zero-order valence-electron chi connectivity index (χ0n) is 15.2. The van der Waals surface area contributed by atoms with Crippen LogP contribution >= 0.6 is 23.4 Å². The third-order valence-electron chi connectivity index (χ3n) is 3.76. The fourth-order valence-corrected chi connectivity index (χ4v) is 3.27. The lowest BCUT2D eigenvalue weighted by Gasteiger charge is -2.09. The van der Waals surface area contributed by atoms with Gasteiger partial charge < -0.3 is 10.1 Å². The van der Waals surface area contributed by atoms with Gasteiger partial charge in [0, 0.05) is 11.4 Å². The maximum atomic E-state index is 12.5. The quantitative estimate of drug-likeness (QED) is 0.387. The second-order valence-electron chi connectivity index (χ2n) is 5.98. The molecular weight excluding hydrogens is 420 g/mol. The minimum Gasteiger partial charge on any atom is -0.435 e. The molecule has 3 aromatic rings. The number of carbonyl (C=O) groups excluding carboxylic acids is 1. The minimum atomic E-state index is -2.91. The zero-order valence-corrected chi connectivity index (χ0v) is 16.8. The van der Waals surface area contributed by atoms with Gasteiger partial charge in [-0.15, -0.1) is 0 Å². The van der Waals surface area contributed by atoms with E-state index in [1.54, 1.807) is 0 Å². The molecule has 2 aromatic carbocycles. The van der Waals surface area contributed by atoms with E-state index >= 15 is 0 Å². The summed E-state index contributed by atoms with van der Waals surface area (Å²) in [6, 6.07) is 13.6. The number of aromatic nitrogens is 2. The molecule has 1 amide bonds. The van der Waals surface area contributed by atoms with Gasteiger partial charge in [0.1, 0.15) is 5.75 Å². The number of hydrogen-bond acceptors (Lipinski definition) is 5. The first-order valence-electron chi connectivity index (χ1n) is 8.48. The van der Waals surface area contributed by atoms with Crippen LogP contribution in [0.3, 0.4) is 0 Å². The van der Waals surface area contributed by atoms with E-state index in [0.717, 1.165) is 5.56 Å². The number of alkyl halides is 2. The number of rotatable bonds is 7. The number of benzene rings is 2. The van der Waals surface area contributed by atoms with Gasteiger partial charge in [0.05, 0.1) is 11.2 Å². The Labute approximate surface area is 175 Å². The van der Waals surface area contributed by atoms with Gasteiger partial charge >= 0.3 is 6.61 Å². The van der Waals surface area contributed by atoms with Crippen LogP contribution < -0.4 is 10.1 Å².